The SMILES string of the molecule is C=CCCOC(=O)[C@@H]1[C@H]2C(=O)N(CCCCO)C(C(=O)N(CC=C)CCCCC)C23CC[C@H]1O3. The average Bonchev–Trinajstić information content (AvgIpc) is 3.46. The fourth-order valence-electron chi connectivity index (χ4n) is 5.85. The summed E-state index contributed by atoms with van der Waals surface area (Å²) in [7, 11) is 0. The number of nitrogens with zero attached hydrogens (tertiary/aromatic N) is 2. The van der Waals surface area contributed by atoms with E-state index in [0.717, 1.165) is 19.3 Å². The number of ether oxygens (including phenoxy) is 2. The zero-order valence-corrected chi connectivity index (χ0v) is 20.5. The lowest BCUT2D eigenvalue weighted by atomic mass is 9.70. The highest BCUT2D eigenvalue weighted by Gasteiger charge is 2.74. The van der Waals surface area contributed by atoms with Crippen LogP contribution in [0.5, 0.6) is 0 Å². The molecule has 2 amide bonds. The Morgan fingerprint density at radius 3 is 2.74 bits per heavy atom. The Morgan fingerprint density at radius 2 is 2.06 bits per heavy atom. The van der Waals surface area contributed by atoms with Gasteiger partial charge in [-0.05, 0) is 38.5 Å². The van der Waals surface area contributed by atoms with Crippen LogP contribution in [0.25, 0.3) is 0 Å². The third kappa shape index (κ3) is 4.93. The summed E-state index contributed by atoms with van der Waals surface area (Å²) in [6.07, 6.45) is 8.73. The van der Waals surface area contributed by atoms with Crippen LogP contribution in [0, 0.1) is 11.8 Å². The molecule has 3 aliphatic rings. The molecular weight excluding hydrogens is 436 g/mol. The number of aliphatic hydroxyl groups excluding tert-OH is 1. The van der Waals surface area contributed by atoms with Crippen LogP contribution >= 0.6 is 0 Å². The van der Waals surface area contributed by atoms with Crippen LogP contribution in [0.4, 0.5) is 0 Å². The van der Waals surface area contributed by atoms with Gasteiger partial charge >= 0.3 is 5.97 Å². The van der Waals surface area contributed by atoms with E-state index >= 15 is 0 Å². The molecule has 2 unspecified atom stereocenters. The second kappa shape index (κ2) is 12.0. The van der Waals surface area contributed by atoms with Crippen LogP contribution in [0.3, 0.4) is 0 Å². The molecule has 1 N–H and O–H groups in total. The highest BCUT2D eigenvalue weighted by Crippen LogP contribution is 2.58. The molecule has 3 aliphatic heterocycles. The second-order valence-corrected chi connectivity index (χ2v) is 9.54. The van der Waals surface area contributed by atoms with E-state index in [9.17, 15) is 19.5 Å². The number of carbonyl (C=O) groups excluding carboxylic acids is 3. The number of unbranched alkanes of at least 4 members (excludes halogenated alkanes) is 3. The van der Waals surface area contributed by atoms with Gasteiger partial charge in [-0.25, -0.2) is 0 Å². The van der Waals surface area contributed by atoms with Gasteiger partial charge in [-0.15, -0.1) is 13.2 Å². The molecule has 0 aromatic heterocycles. The Morgan fingerprint density at radius 1 is 1.26 bits per heavy atom. The van der Waals surface area contributed by atoms with Gasteiger partial charge in [0.2, 0.25) is 11.8 Å². The molecule has 0 aromatic carbocycles. The molecule has 3 fully saturated rings. The lowest BCUT2D eigenvalue weighted by Gasteiger charge is -2.36. The van der Waals surface area contributed by atoms with Crippen LogP contribution in [0.1, 0.15) is 58.3 Å². The zero-order valence-electron chi connectivity index (χ0n) is 20.5. The molecule has 3 saturated heterocycles. The van der Waals surface area contributed by atoms with E-state index in [2.05, 4.69) is 20.1 Å². The largest absolute Gasteiger partial charge is 0.465 e. The first kappa shape index (κ1) is 26.4. The van der Waals surface area contributed by atoms with Crippen molar-refractivity contribution in [1.82, 2.24) is 9.80 Å². The molecule has 0 aliphatic carbocycles. The van der Waals surface area contributed by atoms with Gasteiger partial charge < -0.3 is 24.4 Å². The summed E-state index contributed by atoms with van der Waals surface area (Å²) in [5, 5.41) is 9.26. The molecule has 8 nitrogen and oxygen atoms in total. The number of esters is 1. The number of hydrogen-bond donors (Lipinski definition) is 1. The molecular formula is C26H40N2O6. The maximum Gasteiger partial charge on any atom is 0.312 e. The minimum Gasteiger partial charge on any atom is -0.465 e. The average molecular weight is 477 g/mol. The van der Waals surface area contributed by atoms with Crippen LogP contribution in [-0.2, 0) is 23.9 Å². The number of hydrogen-bond acceptors (Lipinski definition) is 6. The number of aliphatic hydroxyl groups is 1. The number of carbonyl (C=O) groups is 3. The number of fused-ring (bicyclic) bond motifs is 1. The smallest absolute Gasteiger partial charge is 0.312 e. The maximum absolute atomic E-state index is 14.0. The molecule has 5 atom stereocenters. The highest BCUT2D eigenvalue weighted by molar-refractivity contribution is 5.98. The lowest BCUT2D eigenvalue weighted by Crippen LogP contribution is -2.56. The summed E-state index contributed by atoms with van der Waals surface area (Å²) in [5.74, 6) is -2.20. The lowest BCUT2D eigenvalue weighted by molar-refractivity contribution is -0.155. The van der Waals surface area contributed by atoms with Crippen molar-refractivity contribution in [2.75, 3.05) is 32.8 Å². The van der Waals surface area contributed by atoms with Crippen LogP contribution < -0.4 is 0 Å². The van der Waals surface area contributed by atoms with Crippen LogP contribution in [0.15, 0.2) is 25.3 Å². The first-order chi connectivity index (χ1) is 16.5. The van der Waals surface area contributed by atoms with Gasteiger partial charge in [0, 0.05) is 26.2 Å². The summed E-state index contributed by atoms with van der Waals surface area (Å²) in [6, 6.07) is -0.777. The minimum atomic E-state index is -1.01. The van der Waals surface area contributed by atoms with Gasteiger partial charge in [-0.2, -0.15) is 0 Å². The molecule has 1 spiro atoms. The molecule has 8 heteroatoms. The number of rotatable bonds is 15. The fraction of sp³-hybridized carbons (Fsp3) is 0.731. The molecule has 0 radical (unpaired) electrons. The fourth-order valence-corrected chi connectivity index (χ4v) is 5.85. The Labute approximate surface area is 202 Å². The standard InChI is InChI=1S/C26H40N2O6/c1-4-7-9-15-27(14-6-3)24(31)22-26-13-12-19(34-26)20(25(32)33-18-8-5-2)21(26)23(30)28(22)16-10-11-17-29/h5-6,19-22,29H,2-4,7-18H2,1H3/t19-,20+,21+,22?,26?/m1/s1. The molecule has 0 aromatic rings. The van der Waals surface area contributed by atoms with E-state index in [4.69, 9.17) is 9.47 Å². The molecule has 3 rings (SSSR count). The Kier molecular flexibility index (Phi) is 9.31. The van der Waals surface area contributed by atoms with Gasteiger partial charge in [-0.3, -0.25) is 14.4 Å². The van der Waals surface area contributed by atoms with Crippen molar-refractivity contribution in [2.45, 2.75) is 76.0 Å². The van der Waals surface area contributed by atoms with E-state index in [1.165, 1.54) is 0 Å². The summed E-state index contributed by atoms with van der Waals surface area (Å²) >= 11 is 0. The third-order valence-electron chi connectivity index (χ3n) is 7.37. The monoisotopic (exact) mass is 476 g/mol. The van der Waals surface area contributed by atoms with E-state index in [0.29, 0.717) is 51.7 Å². The number of likely N-dealkylation sites (tertiary alicyclic amines) is 1. The summed E-state index contributed by atoms with van der Waals surface area (Å²) < 4.78 is 11.9. The topological polar surface area (TPSA) is 96.4 Å². The maximum atomic E-state index is 14.0. The van der Waals surface area contributed by atoms with Gasteiger partial charge in [0.1, 0.15) is 11.6 Å². The second-order valence-electron chi connectivity index (χ2n) is 9.54. The van der Waals surface area contributed by atoms with E-state index < -0.39 is 35.6 Å². The van der Waals surface area contributed by atoms with E-state index in [1.807, 2.05) is 0 Å². The quantitative estimate of drug-likeness (QED) is 0.222. The van der Waals surface area contributed by atoms with Crippen molar-refractivity contribution in [3.8, 4) is 0 Å². The number of amides is 2. The first-order valence-corrected chi connectivity index (χ1v) is 12.7. The van der Waals surface area contributed by atoms with E-state index in [-0.39, 0.29) is 25.0 Å². The van der Waals surface area contributed by atoms with Crippen molar-refractivity contribution in [3.05, 3.63) is 25.3 Å². The molecule has 3 heterocycles. The van der Waals surface area contributed by atoms with Crippen LogP contribution in [0.2, 0.25) is 0 Å². The normalized spacial score (nSPS) is 29.2. The molecule has 0 saturated carbocycles. The summed E-state index contributed by atoms with van der Waals surface area (Å²) in [6.45, 7) is 11.1. The molecule has 190 valence electrons. The van der Waals surface area contributed by atoms with Crippen molar-refractivity contribution >= 4 is 17.8 Å². The predicted octanol–water partition coefficient (Wildman–Crippen LogP) is 2.46. The van der Waals surface area contributed by atoms with Gasteiger partial charge in [0.05, 0.1) is 24.5 Å². The predicted molar refractivity (Wildman–Crippen MR) is 128 cm³/mol. The zero-order chi connectivity index (χ0) is 24.7. The van der Waals surface area contributed by atoms with Gasteiger partial charge in [-0.1, -0.05) is 31.9 Å². The van der Waals surface area contributed by atoms with Crippen molar-refractivity contribution < 1.29 is 29.0 Å². The third-order valence-corrected chi connectivity index (χ3v) is 7.37. The van der Waals surface area contributed by atoms with Crippen molar-refractivity contribution in [2.24, 2.45) is 11.8 Å². The summed E-state index contributed by atoms with van der Waals surface area (Å²) in [5.41, 5.74) is -1.01. The Bertz CT molecular complexity index is 770. The Balaban J connectivity index is 1.90. The van der Waals surface area contributed by atoms with Crippen molar-refractivity contribution in [1.29, 1.82) is 0 Å². The minimum absolute atomic E-state index is 0.0195. The highest BCUT2D eigenvalue weighted by atomic mass is 16.6. The van der Waals surface area contributed by atoms with E-state index in [1.54, 1.807) is 22.0 Å². The van der Waals surface area contributed by atoms with Gasteiger partial charge in [0.15, 0.2) is 0 Å². The first-order valence-electron chi connectivity index (χ1n) is 12.7. The van der Waals surface area contributed by atoms with Crippen LogP contribution in [-0.4, -0.2) is 83.3 Å². The van der Waals surface area contributed by atoms with Gasteiger partial charge in [0.25, 0.3) is 0 Å². The molecule has 34 heavy (non-hydrogen) atoms. The van der Waals surface area contributed by atoms with Crippen molar-refractivity contribution in [3.63, 3.8) is 0 Å². The molecule has 2 bridgehead atoms. The Hall–Kier alpha value is -2.19. The summed E-state index contributed by atoms with van der Waals surface area (Å²) in [4.78, 5) is 44.1.